The number of thioether (sulfide) groups is 1. The van der Waals surface area contributed by atoms with Crippen LogP contribution in [-0.2, 0) is 4.79 Å². The van der Waals surface area contributed by atoms with E-state index in [9.17, 15) is 9.90 Å². The van der Waals surface area contributed by atoms with E-state index in [1.807, 2.05) is 11.8 Å². The smallest absolute Gasteiger partial charge is 0.252 e. The molecule has 0 spiro atoms. The van der Waals surface area contributed by atoms with Gasteiger partial charge in [-0.05, 0) is 68.3 Å². The van der Waals surface area contributed by atoms with Crippen LogP contribution >= 0.6 is 11.8 Å². The van der Waals surface area contributed by atoms with Gasteiger partial charge >= 0.3 is 0 Å². The van der Waals surface area contributed by atoms with Crippen molar-refractivity contribution >= 4 is 17.7 Å². The molecule has 1 amide bonds. The molecule has 4 unspecified atom stereocenters. The Morgan fingerprint density at radius 3 is 2.63 bits per heavy atom. The van der Waals surface area contributed by atoms with Gasteiger partial charge in [0.05, 0.1) is 0 Å². The van der Waals surface area contributed by atoms with Crippen molar-refractivity contribution in [2.75, 3.05) is 11.5 Å². The minimum Gasteiger partial charge on any atom is -0.380 e. The zero-order valence-electron chi connectivity index (χ0n) is 11.7. The second-order valence-corrected chi connectivity index (χ2v) is 7.97. The van der Waals surface area contributed by atoms with E-state index in [2.05, 4.69) is 12.2 Å². The Balaban J connectivity index is 1.57. The number of hydrogen-bond acceptors (Lipinski definition) is 3. The van der Waals surface area contributed by atoms with Crippen molar-refractivity contribution in [3.05, 3.63) is 0 Å². The summed E-state index contributed by atoms with van der Waals surface area (Å²) in [6, 6.07) is 0.224. The minimum absolute atomic E-state index is 0.122. The van der Waals surface area contributed by atoms with Crippen molar-refractivity contribution in [2.24, 2.45) is 17.8 Å². The third-order valence-corrected chi connectivity index (χ3v) is 6.52. The van der Waals surface area contributed by atoms with E-state index in [0.29, 0.717) is 18.8 Å². The highest BCUT2D eigenvalue weighted by molar-refractivity contribution is 7.99. The van der Waals surface area contributed by atoms with Crippen LogP contribution in [0, 0.1) is 17.8 Å². The number of fused-ring (bicyclic) bond motifs is 2. The maximum absolute atomic E-state index is 12.3. The molecule has 19 heavy (non-hydrogen) atoms. The molecule has 1 aliphatic heterocycles. The Hall–Kier alpha value is -0.220. The van der Waals surface area contributed by atoms with Gasteiger partial charge in [0.1, 0.15) is 5.60 Å². The highest BCUT2D eigenvalue weighted by Crippen LogP contribution is 2.49. The summed E-state index contributed by atoms with van der Waals surface area (Å²) < 4.78 is 0. The van der Waals surface area contributed by atoms with Gasteiger partial charge in [0.25, 0.3) is 5.91 Å². The molecule has 2 saturated carbocycles. The maximum Gasteiger partial charge on any atom is 0.252 e. The summed E-state index contributed by atoms with van der Waals surface area (Å²) in [4.78, 5) is 12.3. The monoisotopic (exact) mass is 283 g/mol. The van der Waals surface area contributed by atoms with E-state index in [0.717, 1.165) is 23.3 Å². The molecule has 2 aliphatic carbocycles. The Labute approximate surface area is 119 Å². The molecule has 4 heteroatoms. The van der Waals surface area contributed by atoms with Crippen LogP contribution in [0.15, 0.2) is 0 Å². The number of rotatable bonds is 3. The van der Waals surface area contributed by atoms with Crippen LogP contribution in [-0.4, -0.2) is 34.2 Å². The van der Waals surface area contributed by atoms with Gasteiger partial charge in [-0.15, -0.1) is 0 Å². The number of amides is 1. The molecule has 3 fully saturated rings. The van der Waals surface area contributed by atoms with Gasteiger partial charge in [0.15, 0.2) is 0 Å². The predicted octanol–water partition coefficient (Wildman–Crippen LogP) is 2.19. The van der Waals surface area contributed by atoms with Crippen LogP contribution in [0.25, 0.3) is 0 Å². The van der Waals surface area contributed by atoms with Crippen LogP contribution in [0.3, 0.4) is 0 Å². The molecular weight excluding hydrogens is 258 g/mol. The van der Waals surface area contributed by atoms with E-state index in [1.54, 1.807) is 0 Å². The highest BCUT2D eigenvalue weighted by Gasteiger charge is 2.44. The second-order valence-electron chi connectivity index (χ2n) is 6.74. The number of nitrogens with one attached hydrogen (secondary N) is 1. The fraction of sp³-hybridized carbons (Fsp3) is 0.933. The standard InChI is InChI=1S/C15H25NO2S/c1-10(13-9-11-2-3-12(13)8-11)16-14(17)15(18)4-6-19-7-5-15/h10-13,18H,2-9H2,1H3,(H,16,17). The Morgan fingerprint density at radius 1 is 1.32 bits per heavy atom. The molecule has 2 bridgehead atoms. The first-order valence-corrected chi connectivity index (χ1v) is 8.85. The van der Waals surface area contributed by atoms with Gasteiger partial charge in [0.2, 0.25) is 0 Å². The highest BCUT2D eigenvalue weighted by atomic mass is 32.2. The van der Waals surface area contributed by atoms with Crippen LogP contribution in [0.4, 0.5) is 0 Å². The summed E-state index contributed by atoms with van der Waals surface area (Å²) in [7, 11) is 0. The number of carbonyl (C=O) groups excluding carboxylic acids is 1. The van der Waals surface area contributed by atoms with Crippen LogP contribution < -0.4 is 5.32 Å². The lowest BCUT2D eigenvalue weighted by Gasteiger charge is -2.34. The summed E-state index contributed by atoms with van der Waals surface area (Å²) in [6.07, 6.45) is 6.59. The normalized spacial score (nSPS) is 38.1. The van der Waals surface area contributed by atoms with Gasteiger partial charge in [-0.3, -0.25) is 4.79 Å². The first-order valence-electron chi connectivity index (χ1n) is 7.69. The Morgan fingerprint density at radius 2 is 2.05 bits per heavy atom. The molecule has 2 N–H and O–H groups in total. The first kappa shape index (κ1) is 13.7. The summed E-state index contributed by atoms with van der Waals surface area (Å²) in [5, 5.41) is 13.6. The van der Waals surface area contributed by atoms with Crippen molar-refractivity contribution in [1.29, 1.82) is 0 Å². The molecule has 0 radical (unpaired) electrons. The average Bonchev–Trinajstić information content (AvgIpc) is 3.01. The first-order chi connectivity index (χ1) is 9.08. The summed E-state index contributed by atoms with van der Waals surface area (Å²) in [5.41, 5.74) is -1.10. The van der Waals surface area contributed by atoms with Crippen molar-refractivity contribution in [3.63, 3.8) is 0 Å². The van der Waals surface area contributed by atoms with Crippen LogP contribution in [0.2, 0.25) is 0 Å². The number of carbonyl (C=O) groups is 1. The number of aliphatic hydroxyl groups is 1. The van der Waals surface area contributed by atoms with Gasteiger partial charge in [-0.25, -0.2) is 0 Å². The quantitative estimate of drug-likeness (QED) is 0.835. The molecule has 3 nitrogen and oxygen atoms in total. The minimum atomic E-state index is -1.10. The van der Waals surface area contributed by atoms with E-state index >= 15 is 0 Å². The SMILES string of the molecule is CC(NC(=O)C1(O)CCSCC1)C1CC2CCC1C2. The molecule has 4 atom stereocenters. The van der Waals surface area contributed by atoms with Crippen molar-refractivity contribution in [1.82, 2.24) is 5.32 Å². The van der Waals surface area contributed by atoms with Gasteiger partial charge in [-0.1, -0.05) is 6.42 Å². The molecule has 3 rings (SSSR count). The fourth-order valence-electron chi connectivity index (χ4n) is 4.29. The third kappa shape index (κ3) is 2.66. The van der Waals surface area contributed by atoms with Crippen LogP contribution in [0.1, 0.15) is 45.4 Å². The zero-order chi connectivity index (χ0) is 13.5. The molecule has 0 aromatic heterocycles. The summed E-state index contributed by atoms with van der Waals surface area (Å²) in [6.45, 7) is 2.13. The topological polar surface area (TPSA) is 49.3 Å². The largest absolute Gasteiger partial charge is 0.380 e. The van der Waals surface area contributed by atoms with E-state index in [1.165, 1.54) is 25.7 Å². The summed E-state index contributed by atoms with van der Waals surface area (Å²) in [5.74, 6) is 4.03. The van der Waals surface area contributed by atoms with E-state index in [-0.39, 0.29) is 11.9 Å². The van der Waals surface area contributed by atoms with Crippen LogP contribution in [0.5, 0.6) is 0 Å². The maximum atomic E-state index is 12.3. The Kier molecular flexibility index (Phi) is 3.82. The van der Waals surface area contributed by atoms with Crippen molar-refractivity contribution < 1.29 is 9.90 Å². The molecule has 0 aromatic carbocycles. The predicted molar refractivity (Wildman–Crippen MR) is 78.1 cm³/mol. The lowest BCUT2D eigenvalue weighted by molar-refractivity contribution is -0.141. The van der Waals surface area contributed by atoms with Gasteiger partial charge in [-0.2, -0.15) is 11.8 Å². The number of hydrogen-bond donors (Lipinski definition) is 2. The molecule has 108 valence electrons. The van der Waals surface area contributed by atoms with Crippen molar-refractivity contribution in [2.45, 2.75) is 57.1 Å². The second kappa shape index (κ2) is 5.28. The van der Waals surface area contributed by atoms with E-state index in [4.69, 9.17) is 0 Å². The van der Waals surface area contributed by atoms with Gasteiger partial charge < -0.3 is 10.4 Å². The molecule has 1 heterocycles. The zero-order valence-corrected chi connectivity index (χ0v) is 12.5. The third-order valence-electron chi connectivity index (χ3n) is 5.54. The lowest BCUT2D eigenvalue weighted by Crippen LogP contribution is -2.53. The fourth-order valence-corrected chi connectivity index (χ4v) is 5.46. The summed E-state index contributed by atoms with van der Waals surface area (Å²) >= 11 is 1.83. The molecular formula is C15H25NO2S. The van der Waals surface area contributed by atoms with Gasteiger partial charge in [0, 0.05) is 6.04 Å². The molecule has 1 saturated heterocycles. The lowest BCUT2D eigenvalue weighted by atomic mass is 9.83. The molecule has 3 aliphatic rings. The average molecular weight is 283 g/mol. The van der Waals surface area contributed by atoms with E-state index < -0.39 is 5.60 Å². The molecule has 0 aromatic rings. The van der Waals surface area contributed by atoms with Crippen molar-refractivity contribution in [3.8, 4) is 0 Å². The Bertz CT molecular complexity index is 354.